The zero-order valence-corrected chi connectivity index (χ0v) is 13.7. The Bertz CT molecular complexity index is 665. The topological polar surface area (TPSA) is 77.2 Å². The van der Waals surface area contributed by atoms with Crippen molar-refractivity contribution in [2.75, 3.05) is 25.1 Å². The Balaban J connectivity index is 1.64. The molecule has 0 radical (unpaired) electrons. The second-order valence-electron chi connectivity index (χ2n) is 6.28. The molecule has 1 amide bonds. The van der Waals surface area contributed by atoms with Crippen LogP contribution in [0.3, 0.4) is 0 Å². The lowest BCUT2D eigenvalue weighted by Gasteiger charge is -2.34. The van der Waals surface area contributed by atoms with E-state index in [0.717, 1.165) is 12.1 Å². The minimum atomic E-state index is -0.506. The molecule has 0 spiro atoms. The van der Waals surface area contributed by atoms with Gasteiger partial charge in [0, 0.05) is 37.8 Å². The number of pyridine rings is 1. The Labute approximate surface area is 142 Å². The van der Waals surface area contributed by atoms with Crippen molar-refractivity contribution in [2.45, 2.75) is 19.3 Å². The highest BCUT2D eigenvalue weighted by Crippen LogP contribution is 2.31. The Morgan fingerprint density at radius 2 is 1.71 bits per heavy atom. The molecule has 2 aromatic rings. The van der Waals surface area contributed by atoms with Crippen LogP contribution in [-0.2, 0) is 16.0 Å². The van der Waals surface area contributed by atoms with Crippen molar-refractivity contribution >= 4 is 11.6 Å². The fourth-order valence-corrected chi connectivity index (χ4v) is 2.99. The molecule has 126 valence electrons. The standard InChI is InChI=1S/C19H23N3O2/c20-14-19(7-11-24-12-8-19)18(23)22-17-3-1-15(2-4-17)13-16-5-9-21-10-6-16/h1-6,9-10H,7-8,11-14,20H2,(H,22,23). The van der Waals surface area contributed by atoms with Gasteiger partial charge in [0.1, 0.15) is 0 Å². The van der Waals surface area contributed by atoms with Crippen LogP contribution in [0.5, 0.6) is 0 Å². The van der Waals surface area contributed by atoms with E-state index in [1.54, 1.807) is 12.4 Å². The molecule has 2 heterocycles. The van der Waals surface area contributed by atoms with E-state index in [2.05, 4.69) is 10.3 Å². The molecule has 5 heteroatoms. The van der Waals surface area contributed by atoms with E-state index in [9.17, 15) is 4.79 Å². The molecule has 1 fully saturated rings. The summed E-state index contributed by atoms with van der Waals surface area (Å²) in [6.07, 6.45) is 5.79. The third-order valence-electron chi connectivity index (χ3n) is 4.69. The summed E-state index contributed by atoms with van der Waals surface area (Å²) in [7, 11) is 0. The van der Waals surface area contributed by atoms with Crippen molar-refractivity contribution in [2.24, 2.45) is 11.1 Å². The van der Waals surface area contributed by atoms with E-state index in [1.807, 2.05) is 36.4 Å². The maximum atomic E-state index is 12.6. The molecule has 3 N–H and O–H groups in total. The second-order valence-corrected chi connectivity index (χ2v) is 6.28. The summed E-state index contributed by atoms with van der Waals surface area (Å²) in [6, 6.07) is 12.0. The average Bonchev–Trinajstić information content (AvgIpc) is 2.64. The highest BCUT2D eigenvalue weighted by molar-refractivity contribution is 5.95. The molecule has 1 saturated heterocycles. The first-order valence-corrected chi connectivity index (χ1v) is 8.29. The second kappa shape index (κ2) is 7.55. The molecule has 0 aliphatic carbocycles. The Hall–Kier alpha value is -2.24. The normalized spacial score (nSPS) is 16.5. The van der Waals surface area contributed by atoms with Crippen LogP contribution in [0.25, 0.3) is 0 Å². The van der Waals surface area contributed by atoms with Crippen LogP contribution in [0.4, 0.5) is 5.69 Å². The molecule has 5 nitrogen and oxygen atoms in total. The Kier molecular flexibility index (Phi) is 5.23. The number of amides is 1. The van der Waals surface area contributed by atoms with Crippen LogP contribution >= 0.6 is 0 Å². The van der Waals surface area contributed by atoms with Gasteiger partial charge >= 0.3 is 0 Å². The zero-order valence-electron chi connectivity index (χ0n) is 13.7. The van der Waals surface area contributed by atoms with E-state index in [0.29, 0.717) is 32.6 Å². The number of rotatable bonds is 5. The van der Waals surface area contributed by atoms with Crippen LogP contribution in [0, 0.1) is 5.41 Å². The number of nitrogens with one attached hydrogen (secondary N) is 1. The number of ether oxygens (including phenoxy) is 1. The van der Waals surface area contributed by atoms with Gasteiger partial charge in [-0.2, -0.15) is 0 Å². The molecular weight excluding hydrogens is 302 g/mol. The van der Waals surface area contributed by atoms with Gasteiger partial charge in [0.2, 0.25) is 5.91 Å². The predicted molar refractivity (Wildman–Crippen MR) is 93.7 cm³/mol. The van der Waals surface area contributed by atoms with Gasteiger partial charge in [-0.1, -0.05) is 12.1 Å². The van der Waals surface area contributed by atoms with Gasteiger partial charge < -0.3 is 15.8 Å². The highest BCUT2D eigenvalue weighted by Gasteiger charge is 2.38. The third-order valence-corrected chi connectivity index (χ3v) is 4.69. The fourth-order valence-electron chi connectivity index (χ4n) is 2.99. The van der Waals surface area contributed by atoms with Crippen LogP contribution in [0.1, 0.15) is 24.0 Å². The molecule has 24 heavy (non-hydrogen) atoms. The largest absolute Gasteiger partial charge is 0.381 e. The summed E-state index contributed by atoms with van der Waals surface area (Å²) < 4.78 is 5.36. The first-order chi connectivity index (χ1) is 11.7. The summed E-state index contributed by atoms with van der Waals surface area (Å²) in [5, 5.41) is 3.01. The van der Waals surface area contributed by atoms with Gasteiger partial charge in [0.15, 0.2) is 0 Å². The minimum absolute atomic E-state index is 0.00446. The van der Waals surface area contributed by atoms with Crippen molar-refractivity contribution in [3.63, 3.8) is 0 Å². The summed E-state index contributed by atoms with van der Waals surface area (Å²) in [5.74, 6) is -0.00446. The van der Waals surface area contributed by atoms with Crippen LogP contribution in [0.2, 0.25) is 0 Å². The predicted octanol–water partition coefficient (Wildman–Crippen LogP) is 2.37. The average molecular weight is 325 g/mol. The highest BCUT2D eigenvalue weighted by atomic mass is 16.5. The number of benzene rings is 1. The third kappa shape index (κ3) is 3.80. The van der Waals surface area contributed by atoms with Crippen LogP contribution in [0.15, 0.2) is 48.8 Å². The molecule has 3 rings (SSSR count). The van der Waals surface area contributed by atoms with E-state index in [4.69, 9.17) is 10.5 Å². The molecule has 1 aromatic carbocycles. The van der Waals surface area contributed by atoms with Crippen LogP contribution in [-0.4, -0.2) is 30.6 Å². The number of carbonyl (C=O) groups excluding carboxylic acids is 1. The molecule has 1 aliphatic rings. The lowest BCUT2D eigenvalue weighted by atomic mass is 9.79. The summed E-state index contributed by atoms with van der Waals surface area (Å²) in [6.45, 7) is 1.54. The number of nitrogens with zero attached hydrogens (tertiary/aromatic N) is 1. The van der Waals surface area contributed by atoms with Crippen molar-refractivity contribution in [3.05, 3.63) is 59.9 Å². The SMILES string of the molecule is NCC1(C(=O)Nc2ccc(Cc3ccncc3)cc2)CCOCC1. The number of aromatic nitrogens is 1. The van der Waals surface area contributed by atoms with Crippen molar-refractivity contribution in [3.8, 4) is 0 Å². The summed E-state index contributed by atoms with van der Waals surface area (Å²) in [5.41, 5.74) is 8.59. The number of anilines is 1. The fraction of sp³-hybridized carbons (Fsp3) is 0.368. The van der Waals surface area contributed by atoms with Gasteiger partial charge in [0.05, 0.1) is 5.41 Å². The first kappa shape index (κ1) is 16.6. The number of carbonyl (C=O) groups is 1. The van der Waals surface area contributed by atoms with E-state index in [1.165, 1.54) is 11.1 Å². The Morgan fingerprint density at radius 1 is 1.08 bits per heavy atom. The zero-order chi connectivity index (χ0) is 16.8. The quantitative estimate of drug-likeness (QED) is 0.885. The molecule has 0 atom stereocenters. The molecule has 0 unspecified atom stereocenters. The van der Waals surface area contributed by atoms with Crippen LogP contribution < -0.4 is 11.1 Å². The maximum absolute atomic E-state index is 12.6. The van der Waals surface area contributed by atoms with E-state index in [-0.39, 0.29) is 5.91 Å². The number of nitrogens with two attached hydrogens (primary N) is 1. The lowest BCUT2D eigenvalue weighted by Crippen LogP contribution is -2.46. The van der Waals surface area contributed by atoms with E-state index >= 15 is 0 Å². The maximum Gasteiger partial charge on any atom is 0.232 e. The first-order valence-electron chi connectivity index (χ1n) is 8.29. The molecule has 0 bridgehead atoms. The van der Waals surface area contributed by atoms with Gasteiger partial charge in [-0.05, 0) is 54.7 Å². The molecule has 1 aliphatic heterocycles. The van der Waals surface area contributed by atoms with Gasteiger partial charge in [-0.15, -0.1) is 0 Å². The van der Waals surface area contributed by atoms with Gasteiger partial charge in [0.25, 0.3) is 0 Å². The van der Waals surface area contributed by atoms with Crippen molar-refractivity contribution in [1.82, 2.24) is 4.98 Å². The minimum Gasteiger partial charge on any atom is -0.381 e. The van der Waals surface area contributed by atoms with Crippen molar-refractivity contribution < 1.29 is 9.53 Å². The molecular formula is C19H23N3O2. The molecule has 0 saturated carbocycles. The summed E-state index contributed by atoms with van der Waals surface area (Å²) >= 11 is 0. The number of hydrogen-bond acceptors (Lipinski definition) is 4. The molecule has 1 aromatic heterocycles. The number of hydrogen-bond donors (Lipinski definition) is 2. The van der Waals surface area contributed by atoms with Crippen molar-refractivity contribution in [1.29, 1.82) is 0 Å². The lowest BCUT2D eigenvalue weighted by molar-refractivity contribution is -0.130. The van der Waals surface area contributed by atoms with Gasteiger partial charge in [-0.3, -0.25) is 9.78 Å². The van der Waals surface area contributed by atoms with E-state index < -0.39 is 5.41 Å². The Morgan fingerprint density at radius 3 is 2.33 bits per heavy atom. The smallest absolute Gasteiger partial charge is 0.232 e. The summed E-state index contributed by atoms with van der Waals surface area (Å²) in [4.78, 5) is 16.7. The van der Waals surface area contributed by atoms with Gasteiger partial charge in [-0.25, -0.2) is 0 Å². The monoisotopic (exact) mass is 325 g/mol.